The summed E-state index contributed by atoms with van der Waals surface area (Å²) in [4.78, 5) is 23.3. The number of hydrogen-bond donors (Lipinski definition) is 2. The Kier molecular flexibility index (Phi) is 6.36. The first-order valence-electron chi connectivity index (χ1n) is 12.4. The van der Waals surface area contributed by atoms with Crippen LogP contribution in [0.15, 0.2) is 30.5 Å². The zero-order valence-electron chi connectivity index (χ0n) is 19.7. The van der Waals surface area contributed by atoms with Crippen LogP contribution in [0.4, 0.5) is 4.79 Å². The van der Waals surface area contributed by atoms with Crippen LogP contribution in [0, 0.1) is 0 Å². The van der Waals surface area contributed by atoms with Crippen LogP contribution < -0.4 is 5.32 Å². The topological polar surface area (TPSA) is 70.2 Å². The van der Waals surface area contributed by atoms with Gasteiger partial charge in [0.15, 0.2) is 0 Å². The summed E-state index contributed by atoms with van der Waals surface area (Å²) in [6, 6.07) is 8.30. The maximum atomic E-state index is 13.0. The SMILES string of the molecule is CCCCc1nc2c(c3c1C[C@H](C)OC3)CN(C(=O)NCCc1c[nH]c3ccccc13)CC2. The molecule has 33 heavy (non-hydrogen) atoms. The normalized spacial score (nSPS) is 17.6. The fourth-order valence-electron chi connectivity index (χ4n) is 5.20. The molecule has 2 aliphatic heterocycles. The van der Waals surface area contributed by atoms with Gasteiger partial charge in [0.1, 0.15) is 0 Å². The summed E-state index contributed by atoms with van der Waals surface area (Å²) in [5.41, 5.74) is 8.69. The van der Waals surface area contributed by atoms with Crippen molar-refractivity contribution in [2.75, 3.05) is 13.1 Å². The van der Waals surface area contributed by atoms with E-state index in [1.54, 1.807) is 0 Å². The van der Waals surface area contributed by atoms with Crippen molar-refractivity contribution in [3.63, 3.8) is 0 Å². The van der Waals surface area contributed by atoms with E-state index in [2.05, 4.69) is 42.3 Å². The van der Waals surface area contributed by atoms with E-state index in [1.807, 2.05) is 17.2 Å². The van der Waals surface area contributed by atoms with Gasteiger partial charge in [0.25, 0.3) is 0 Å². The molecule has 1 atom stereocenters. The van der Waals surface area contributed by atoms with Crippen LogP contribution in [0.1, 0.15) is 60.3 Å². The maximum Gasteiger partial charge on any atom is 0.317 e. The van der Waals surface area contributed by atoms with Gasteiger partial charge in [0, 0.05) is 61.0 Å². The van der Waals surface area contributed by atoms with Crippen molar-refractivity contribution in [3.05, 3.63) is 64.1 Å². The predicted octanol–water partition coefficient (Wildman–Crippen LogP) is 4.68. The number of nitrogens with zero attached hydrogens (tertiary/aromatic N) is 2. The highest BCUT2D eigenvalue weighted by molar-refractivity contribution is 5.83. The van der Waals surface area contributed by atoms with Gasteiger partial charge in [-0.3, -0.25) is 4.98 Å². The Labute approximate surface area is 195 Å². The number of carbonyl (C=O) groups is 1. The van der Waals surface area contributed by atoms with Crippen molar-refractivity contribution < 1.29 is 9.53 Å². The number of aryl methyl sites for hydroxylation is 1. The zero-order chi connectivity index (χ0) is 22.8. The first kappa shape index (κ1) is 22.0. The lowest BCUT2D eigenvalue weighted by Crippen LogP contribution is -2.44. The second-order valence-electron chi connectivity index (χ2n) is 9.38. The molecule has 6 nitrogen and oxygen atoms in total. The van der Waals surface area contributed by atoms with Gasteiger partial charge < -0.3 is 19.9 Å². The van der Waals surface area contributed by atoms with Gasteiger partial charge in [0.2, 0.25) is 0 Å². The highest BCUT2D eigenvalue weighted by atomic mass is 16.5. The fourth-order valence-corrected chi connectivity index (χ4v) is 5.20. The molecule has 2 aliphatic rings. The van der Waals surface area contributed by atoms with E-state index < -0.39 is 0 Å². The number of urea groups is 1. The van der Waals surface area contributed by atoms with E-state index in [4.69, 9.17) is 9.72 Å². The van der Waals surface area contributed by atoms with Crippen LogP contribution in [0.3, 0.4) is 0 Å². The summed E-state index contributed by atoms with van der Waals surface area (Å²) in [5.74, 6) is 0. The number of carbonyl (C=O) groups excluding carboxylic acids is 1. The maximum absolute atomic E-state index is 13.0. The first-order valence-corrected chi connectivity index (χ1v) is 12.4. The molecule has 2 N–H and O–H groups in total. The number of benzene rings is 1. The Balaban J connectivity index is 1.27. The van der Waals surface area contributed by atoms with Crippen molar-refractivity contribution in [3.8, 4) is 0 Å². The van der Waals surface area contributed by atoms with Crippen LogP contribution >= 0.6 is 0 Å². The summed E-state index contributed by atoms with van der Waals surface area (Å²) < 4.78 is 6.02. The third kappa shape index (κ3) is 4.49. The number of ether oxygens (including phenoxy) is 1. The average molecular weight is 447 g/mol. The number of pyridine rings is 1. The predicted molar refractivity (Wildman–Crippen MR) is 130 cm³/mol. The molecule has 0 radical (unpaired) electrons. The van der Waals surface area contributed by atoms with Gasteiger partial charge in [-0.1, -0.05) is 31.5 Å². The van der Waals surface area contributed by atoms with Crippen molar-refractivity contribution in [1.29, 1.82) is 0 Å². The van der Waals surface area contributed by atoms with Gasteiger partial charge in [-0.05, 0) is 54.5 Å². The Morgan fingerprint density at radius 1 is 1.24 bits per heavy atom. The number of H-pyrrole nitrogens is 1. The smallest absolute Gasteiger partial charge is 0.317 e. The lowest BCUT2D eigenvalue weighted by atomic mass is 9.89. The van der Waals surface area contributed by atoms with E-state index in [-0.39, 0.29) is 12.1 Å². The minimum absolute atomic E-state index is 0.00870. The van der Waals surface area contributed by atoms with Crippen LogP contribution in [0.5, 0.6) is 0 Å². The van der Waals surface area contributed by atoms with Gasteiger partial charge in [-0.25, -0.2) is 4.79 Å². The Bertz CT molecular complexity index is 1150. The molecule has 0 saturated heterocycles. The Morgan fingerprint density at radius 3 is 3.00 bits per heavy atom. The van der Waals surface area contributed by atoms with Crippen molar-refractivity contribution in [2.24, 2.45) is 0 Å². The summed E-state index contributed by atoms with van der Waals surface area (Å²) in [5, 5.41) is 4.36. The first-order chi connectivity index (χ1) is 16.1. The van der Waals surface area contributed by atoms with E-state index >= 15 is 0 Å². The number of aromatic nitrogens is 2. The molecule has 0 fully saturated rings. The van der Waals surface area contributed by atoms with Crippen LogP contribution in [0.25, 0.3) is 10.9 Å². The summed E-state index contributed by atoms with van der Waals surface area (Å²) in [6.45, 7) is 6.95. The molecule has 1 aromatic carbocycles. The number of para-hydroxylation sites is 1. The molecule has 2 aromatic heterocycles. The molecule has 2 amide bonds. The van der Waals surface area contributed by atoms with Crippen LogP contribution in [-0.2, 0) is 43.6 Å². The third-order valence-electron chi connectivity index (χ3n) is 7.07. The lowest BCUT2D eigenvalue weighted by molar-refractivity contribution is 0.0393. The summed E-state index contributed by atoms with van der Waals surface area (Å²) >= 11 is 0. The molecule has 4 heterocycles. The van der Waals surface area contributed by atoms with E-state index in [1.165, 1.54) is 51.9 Å². The van der Waals surface area contributed by atoms with Gasteiger partial charge in [0.05, 0.1) is 12.7 Å². The highest BCUT2D eigenvalue weighted by Crippen LogP contribution is 2.32. The number of rotatable bonds is 6. The van der Waals surface area contributed by atoms with Crippen molar-refractivity contribution >= 4 is 16.9 Å². The van der Waals surface area contributed by atoms with Crippen LogP contribution in [-0.4, -0.2) is 40.1 Å². The van der Waals surface area contributed by atoms with Crippen LogP contribution in [0.2, 0.25) is 0 Å². The van der Waals surface area contributed by atoms with E-state index in [0.29, 0.717) is 26.2 Å². The van der Waals surface area contributed by atoms with Crippen molar-refractivity contribution in [1.82, 2.24) is 20.2 Å². The number of nitrogens with one attached hydrogen (secondary N) is 2. The van der Waals surface area contributed by atoms with E-state index in [9.17, 15) is 4.79 Å². The van der Waals surface area contributed by atoms with Gasteiger partial charge in [-0.2, -0.15) is 0 Å². The highest BCUT2D eigenvalue weighted by Gasteiger charge is 2.29. The Morgan fingerprint density at radius 2 is 2.12 bits per heavy atom. The quantitative estimate of drug-likeness (QED) is 0.578. The molecular formula is C27H34N4O2. The largest absolute Gasteiger partial charge is 0.373 e. The summed E-state index contributed by atoms with van der Waals surface area (Å²) in [7, 11) is 0. The minimum Gasteiger partial charge on any atom is -0.373 e. The number of fused-ring (bicyclic) bond motifs is 4. The molecular weight excluding hydrogens is 412 g/mol. The number of aromatic amines is 1. The molecule has 5 rings (SSSR count). The van der Waals surface area contributed by atoms with Crippen molar-refractivity contribution in [2.45, 2.75) is 71.6 Å². The molecule has 0 spiro atoms. The lowest BCUT2D eigenvalue weighted by Gasteiger charge is -2.34. The average Bonchev–Trinajstić information content (AvgIpc) is 3.25. The van der Waals surface area contributed by atoms with E-state index in [0.717, 1.165) is 31.2 Å². The number of amides is 2. The molecule has 0 aliphatic carbocycles. The molecule has 3 aromatic rings. The molecule has 6 heteroatoms. The van der Waals surface area contributed by atoms with Gasteiger partial charge in [-0.15, -0.1) is 0 Å². The second kappa shape index (κ2) is 9.56. The minimum atomic E-state index is 0.00870. The number of unbranched alkanes of at least 4 members (excludes halogenated alkanes) is 1. The number of hydrogen-bond acceptors (Lipinski definition) is 3. The monoisotopic (exact) mass is 446 g/mol. The Hall–Kier alpha value is -2.86. The molecule has 174 valence electrons. The standard InChI is InChI=1S/C27H34N4O2/c1-3-4-8-25-21-14-18(2)33-17-23(21)22-16-31(13-11-26(22)30-25)27(32)28-12-10-19-15-29-24-9-6-5-7-20(19)24/h5-7,9,15,18,29H,3-4,8,10-14,16-17H2,1-2H3,(H,28,32)/t18-/m0/s1. The molecule has 0 bridgehead atoms. The molecule has 0 saturated carbocycles. The summed E-state index contributed by atoms with van der Waals surface area (Å²) in [6.07, 6.45) is 8.19. The zero-order valence-corrected chi connectivity index (χ0v) is 19.7. The molecule has 0 unspecified atom stereocenters. The third-order valence-corrected chi connectivity index (χ3v) is 7.07. The fraction of sp³-hybridized carbons (Fsp3) is 0.481. The second-order valence-corrected chi connectivity index (χ2v) is 9.38. The van der Waals surface area contributed by atoms with Gasteiger partial charge >= 0.3 is 6.03 Å².